The second-order valence-electron chi connectivity index (χ2n) is 5.56. The number of rotatable bonds is 4. The highest BCUT2D eigenvalue weighted by Crippen LogP contribution is 2.07. The number of hydrogen-bond donors (Lipinski definition) is 1. The lowest BCUT2D eigenvalue weighted by atomic mass is 10.2. The third kappa shape index (κ3) is 3.25. The summed E-state index contributed by atoms with van der Waals surface area (Å²) in [4.78, 5) is 36.5. The molecule has 1 aromatic heterocycles. The van der Waals surface area contributed by atoms with Crippen LogP contribution in [0.4, 0.5) is 0 Å². The minimum absolute atomic E-state index is 0.0346. The van der Waals surface area contributed by atoms with E-state index in [1.165, 1.54) is 0 Å². The van der Waals surface area contributed by atoms with Gasteiger partial charge in [0.25, 0.3) is 5.56 Å². The van der Waals surface area contributed by atoms with Crippen molar-refractivity contribution in [3.05, 3.63) is 92.3 Å². The molecule has 0 fully saturated rings. The van der Waals surface area contributed by atoms with Gasteiger partial charge in [0.1, 0.15) is 0 Å². The largest absolute Gasteiger partial charge is 0.476 e. The van der Waals surface area contributed by atoms with Gasteiger partial charge in [0.15, 0.2) is 0 Å². The van der Waals surface area contributed by atoms with Crippen molar-refractivity contribution in [3.8, 4) is 5.69 Å². The maximum absolute atomic E-state index is 12.8. The molecule has 0 atom stereocenters. The summed E-state index contributed by atoms with van der Waals surface area (Å²) in [5.74, 6) is -1.48. The van der Waals surface area contributed by atoms with Crippen molar-refractivity contribution in [1.82, 2.24) is 14.3 Å². The van der Waals surface area contributed by atoms with Crippen LogP contribution >= 0.6 is 0 Å². The van der Waals surface area contributed by atoms with Crippen molar-refractivity contribution in [1.29, 1.82) is 0 Å². The molecule has 0 bridgehead atoms. The van der Waals surface area contributed by atoms with Crippen LogP contribution < -0.4 is 11.2 Å². The predicted molar refractivity (Wildman–Crippen MR) is 91.3 cm³/mol. The maximum atomic E-state index is 12.8. The van der Waals surface area contributed by atoms with E-state index in [0.29, 0.717) is 11.3 Å². The van der Waals surface area contributed by atoms with Crippen LogP contribution in [0.3, 0.4) is 0 Å². The standard InChI is InChI=1S/C18H15N3O4/c1-12-6-5-9-14(10-12)21-18(25)20(11-13-7-3-2-4-8-13)16(22)15(19-21)17(23)24/h2-10H,11H2,1H3,(H,23,24). The van der Waals surface area contributed by atoms with Crippen molar-refractivity contribution >= 4 is 5.97 Å². The Morgan fingerprint density at radius 2 is 1.80 bits per heavy atom. The second-order valence-corrected chi connectivity index (χ2v) is 5.56. The average Bonchev–Trinajstić information content (AvgIpc) is 2.59. The van der Waals surface area contributed by atoms with E-state index < -0.39 is 22.9 Å². The van der Waals surface area contributed by atoms with Crippen molar-refractivity contribution in [3.63, 3.8) is 0 Å². The zero-order valence-corrected chi connectivity index (χ0v) is 13.4. The first-order valence-electron chi connectivity index (χ1n) is 7.56. The monoisotopic (exact) mass is 337 g/mol. The highest BCUT2D eigenvalue weighted by Gasteiger charge is 2.19. The molecule has 3 aromatic rings. The van der Waals surface area contributed by atoms with Gasteiger partial charge in [0.05, 0.1) is 12.2 Å². The van der Waals surface area contributed by atoms with Gasteiger partial charge in [0, 0.05) is 0 Å². The molecule has 0 aliphatic rings. The molecule has 0 saturated heterocycles. The van der Waals surface area contributed by atoms with Gasteiger partial charge >= 0.3 is 11.7 Å². The first-order chi connectivity index (χ1) is 12.0. The summed E-state index contributed by atoms with van der Waals surface area (Å²) in [7, 11) is 0. The fourth-order valence-corrected chi connectivity index (χ4v) is 2.48. The van der Waals surface area contributed by atoms with Crippen LogP contribution in [-0.2, 0) is 6.54 Å². The van der Waals surface area contributed by atoms with E-state index in [2.05, 4.69) is 5.10 Å². The summed E-state index contributed by atoms with van der Waals surface area (Å²) in [5, 5.41) is 13.0. The van der Waals surface area contributed by atoms with E-state index in [4.69, 9.17) is 0 Å². The van der Waals surface area contributed by atoms with Crippen LogP contribution in [0.25, 0.3) is 5.69 Å². The van der Waals surface area contributed by atoms with Gasteiger partial charge in [-0.1, -0.05) is 42.5 Å². The van der Waals surface area contributed by atoms with E-state index in [9.17, 15) is 19.5 Å². The third-order valence-corrected chi connectivity index (χ3v) is 3.69. The van der Waals surface area contributed by atoms with E-state index in [-0.39, 0.29) is 6.54 Å². The van der Waals surface area contributed by atoms with E-state index >= 15 is 0 Å². The summed E-state index contributed by atoms with van der Waals surface area (Å²) < 4.78 is 1.83. The van der Waals surface area contributed by atoms with Crippen LogP contribution in [0.2, 0.25) is 0 Å². The Labute approximate surface area is 142 Å². The number of aromatic carboxylic acids is 1. The van der Waals surface area contributed by atoms with Crippen molar-refractivity contribution < 1.29 is 9.90 Å². The number of benzene rings is 2. The molecule has 7 heteroatoms. The minimum Gasteiger partial charge on any atom is -0.476 e. The fourth-order valence-electron chi connectivity index (χ4n) is 2.48. The second kappa shape index (κ2) is 6.56. The molecule has 2 aromatic carbocycles. The molecule has 0 aliphatic carbocycles. The average molecular weight is 337 g/mol. The predicted octanol–water partition coefficient (Wildman–Crippen LogP) is 1.45. The molecule has 1 N–H and O–H groups in total. The molecule has 0 saturated carbocycles. The Kier molecular flexibility index (Phi) is 4.30. The van der Waals surface area contributed by atoms with Crippen molar-refractivity contribution in [2.75, 3.05) is 0 Å². The molecule has 0 amide bonds. The van der Waals surface area contributed by atoms with Crippen molar-refractivity contribution in [2.24, 2.45) is 0 Å². The first-order valence-corrected chi connectivity index (χ1v) is 7.56. The summed E-state index contributed by atoms with van der Waals surface area (Å²) in [6.07, 6.45) is 0. The third-order valence-electron chi connectivity index (χ3n) is 3.69. The molecule has 126 valence electrons. The Bertz CT molecular complexity index is 1050. The lowest BCUT2D eigenvalue weighted by Crippen LogP contribution is -2.44. The molecule has 0 aliphatic heterocycles. The molecular formula is C18H15N3O4. The zero-order chi connectivity index (χ0) is 18.0. The lowest BCUT2D eigenvalue weighted by molar-refractivity contribution is 0.0684. The number of carboxylic acids is 1. The molecule has 0 spiro atoms. The number of carboxylic acid groups (broad SMARTS) is 1. The Hall–Kier alpha value is -3.48. The highest BCUT2D eigenvalue weighted by atomic mass is 16.4. The van der Waals surface area contributed by atoms with Crippen LogP contribution in [0, 0.1) is 6.92 Å². The van der Waals surface area contributed by atoms with Crippen LogP contribution in [-0.4, -0.2) is 25.4 Å². The number of hydrogen-bond acceptors (Lipinski definition) is 4. The summed E-state index contributed by atoms with van der Waals surface area (Å²) >= 11 is 0. The number of nitrogens with zero attached hydrogens (tertiary/aromatic N) is 3. The van der Waals surface area contributed by atoms with Gasteiger partial charge in [-0.05, 0) is 30.2 Å². The van der Waals surface area contributed by atoms with Crippen LogP contribution in [0.15, 0.2) is 64.2 Å². The van der Waals surface area contributed by atoms with E-state index in [1.54, 1.807) is 42.5 Å². The smallest absolute Gasteiger partial charge is 0.362 e. The molecule has 1 heterocycles. The van der Waals surface area contributed by atoms with Gasteiger partial charge in [-0.2, -0.15) is 9.78 Å². The Morgan fingerprint density at radius 3 is 2.44 bits per heavy atom. The topological polar surface area (TPSA) is 94.2 Å². The minimum atomic E-state index is -1.48. The van der Waals surface area contributed by atoms with E-state index in [0.717, 1.165) is 14.8 Å². The van der Waals surface area contributed by atoms with Crippen LogP contribution in [0.5, 0.6) is 0 Å². The number of carbonyl (C=O) groups is 1. The van der Waals surface area contributed by atoms with Gasteiger partial charge in [0.2, 0.25) is 5.69 Å². The molecule has 7 nitrogen and oxygen atoms in total. The Morgan fingerprint density at radius 1 is 1.08 bits per heavy atom. The Balaban J connectivity index is 2.25. The summed E-state index contributed by atoms with van der Waals surface area (Å²) in [5.41, 5.74) is -0.329. The van der Waals surface area contributed by atoms with Crippen molar-refractivity contribution in [2.45, 2.75) is 13.5 Å². The quantitative estimate of drug-likeness (QED) is 0.777. The fraction of sp³-hybridized carbons (Fsp3) is 0.111. The first kappa shape index (κ1) is 16.4. The summed E-state index contributed by atoms with van der Waals surface area (Å²) in [6, 6.07) is 15.8. The SMILES string of the molecule is Cc1cccc(-n2nc(C(=O)O)c(=O)n(Cc3ccccc3)c2=O)c1. The molecular weight excluding hydrogens is 322 g/mol. The summed E-state index contributed by atoms with van der Waals surface area (Å²) in [6.45, 7) is 1.81. The van der Waals surface area contributed by atoms with E-state index in [1.807, 2.05) is 19.1 Å². The zero-order valence-electron chi connectivity index (χ0n) is 13.4. The van der Waals surface area contributed by atoms with Gasteiger partial charge in [-0.3, -0.25) is 9.36 Å². The highest BCUT2D eigenvalue weighted by molar-refractivity contribution is 5.84. The van der Waals surface area contributed by atoms with Gasteiger partial charge < -0.3 is 5.11 Å². The normalized spacial score (nSPS) is 10.6. The number of aromatic nitrogens is 3. The lowest BCUT2D eigenvalue weighted by Gasteiger charge is -2.11. The van der Waals surface area contributed by atoms with Gasteiger partial charge in [-0.25, -0.2) is 9.59 Å². The molecule has 0 radical (unpaired) electrons. The molecule has 25 heavy (non-hydrogen) atoms. The van der Waals surface area contributed by atoms with Gasteiger partial charge in [-0.15, -0.1) is 0 Å². The van der Waals surface area contributed by atoms with Crippen LogP contribution in [0.1, 0.15) is 21.6 Å². The molecule has 3 rings (SSSR count). The maximum Gasteiger partial charge on any atom is 0.362 e. The number of aryl methyl sites for hydroxylation is 1. The molecule has 0 unspecified atom stereocenters.